The number of nitrogens with one attached hydrogen (secondary N) is 1. The minimum absolute atomic E-state index is 0. The van der Waals surface area contributed by atoms with E-state index in [-0.39, 0.29) is 200 Å². The van der Waals surface area contributed by atoms with E-state index in [4.69, 9.17) is 16.3 Å². The van der Waals surface area contributed by atoms with Gasteiger partial charge in [-0.25, -0.2) is 29.8 Å². The van der Waals surface area contributed by atoms with E-state index < -0.39 is 51.0 Å². The Balaban J connectivity index is 0.00000221. The maximum absolute atomic E-state index is 12.6. The summed E-state index contributed by atoms with van der Waals surface area (Å²) in [6, 6.07) is 18.4. The van der Waals surface area contributed by atoms with E-state index in [1.807, 2.05) is 0 Å². The van der Waals surface area contributed by atoms with Gasteiger partial charge in [0.05, 0.1) is 62.9 Å². The molecule has 0 fully saturated rings. The van der Waals surface area contributed by atoms with Crippen molar-refractivity contribution in [3.63, 3.8) is 0 Å². The van der Waals surface area contributed by atoms with Gasteiger partial charge in [-0.3, -0.25) is 0 Å². The number of carboxylic acids is 1. The molecule has 0 aliphatic heterocycles. The molecule has 0 amide bonds. The number of ether oxygens (including phenoxy) is 1. The number of carboxylic acid groups (broad SMARTS) is 1. The number of nitrogens with zero attached hydrogens (tertiary/aromatic N) is 8. The quantitative estimate of drug-likeness (QED) is 0.0462. The number of hydrogen-bond donors (Lipinski definition) is 1. The molecule has 21 nitrogen and oxygen atoms in total. The van der Waals surface area contributed by atoms with Crippen molar-refractivity contribution in [3.05, 3.63) is 114 Å². The predicted octanol–water partition coefficient (Wildman–Crippen LogP) is -1.83. The Morgan fingerprint density at radius 3 is 1.79 bits per heavy atom. The Kier molecular flexibility index (Phi) is 25.8. The monoisotopic (exact) mass is 1440 g/mol. The van der Waals surface area contributed by atoms with Gasteiger partial charge in [-0.05, 0) is 94.4 Å². The van der Waals surface area contributed by atoms with Gasteiger partial charge in [0.25, 0.3) is 0 Å². The predicted molar refractivity (Wildman–Crippen MR) is 251 cm³/mol. The van der Waals surface area contributed by atoms with Crippen LogP contribution in [0.3, 0.4) is 0 Å². The van der Waals surface area contributed by atoms with Crippen LogP contribution in [0.4, 0.5) is 34.4 Å². The minimum Gasteiger partial charge on any atom is 0 e. The Hall–Kier alpha value is -0.636. The Bertz CT molecular complexity index is 3420. The van der Waals surface area contributed by atoms with Crippen LogP contribution in [0.25, 0.3) is 27.5 Å². The number of pyridine rings is 1. The van der Waals surface area contributed by atoms with Gasteiger partial charge in [-0.1, -0.05) is 18.2 Å². The second-order valence-electron chi connectivity index (χ2n) is 12.4. The summed E-state index contributed by atoms with van der Waals surface area (Å²) >= 11 is 11.4. The summed E-state index contributed by atoms with van der Waals surface area (Å²) in [6.45, 7) is 0. The molecule has 1 radical (unpaired) electrons. The maximum Gasteiger partial charge on any atom is 1.00 e. The molecule has 7 rings (SSSR count). The standard InChI is InChI=1S/C36H24ClN9O12S3.HI3.3Na.Y/c1-58-20-5-8-28(31(17-20)61(55,56)57)45-42-25-9-10-27(24-18-21(59(49,50)51)6-7-22(24)25)44-43-26-11-12-29(32-23(26)3-2-4-30(32)60(52,53)54)38-35-39-34(37)40-36(41-35)46-15-13-19(14-16-46)33(47)48;1-3-2;;;;/h2-18H,1H3,(H4-,38,39,40,41,44,45,47,48,49,50,51,52,53,54,55,56,57);3H;;;;/q;;3*+1;/p-3. The molecule has 68 heavy (non-hydrogen) atoms. The summed E-state index contributed by atoms with van der Waals surface area (Å²) < 4.78 is 116. The van der Waals surface area contributed by atoms with Crippen LogP contribution in [0.15, 0.2) is 139 Å². The SMILES string of the molecule is COc1ccc(N=Nc2ccc(N=Nc3ccc(Nc4nc(Cl)nc(-[n+]5ccc(C(=O)[O-])cc5)n4)c4c(S(=O)(=O)[O-])cccc34)c3cc(S(=O)(=O)[O-])ccc23)c(S(=O)(=O)[O-])c1.I[IH]I.[Na+].[Na+].[Na+].[Y]. The number of hydrogen-bond acceptors (Lipinski definition) is 20. The van der Waals surface area contributed by atoms with E-state index in [9.17, 15) is 48.8 Å². The number of halogens is 4. The van der Waals surface area contributed by atoms with Crippen molar-refractivity contribution in [1.82, 2.24) is 15.0 Å². The first-order valence-electron chi connectivity index (χ1n) is 17.0. The summed E-state index contributed by atoms with van der Waals surface area (Å²) in [5.41, 5.74) is -0.482. The molecule has 0 atom stereocenters. The topological polar surface area (TPSA) is 325 Å². The number of aromatic nitrogens is 4. The van der Waals surface area contributed by atoms with Crippen LogP contribution >= 0.6 is 62.1 Å². The molecule has 2 aromatic heterocycles. The maximum atomic E-state index is 12.6. The number of rotatable bonds is 12. The molecule has 0 spiro atoms. The molecular weight excluding hydrogens is 1420 g/mol. The fourth-order valence-electron chi connectivity index (χ4n) is 5.83. The Morgan fingerprint density at radius 2 is 1.24 bits per heavy atom. The summed E-state index contributed by atoms with van der Waals surface area (Å²) in [5, 5.41) is 30.3. The third-order valence-corrected chi connectivity index (χ3v) is 11.3. The van der Waals surface area contributed by atoms with Crippen LogP contribution < -0.4 is 108 Å². The molecule has 335 valence electrons. The second kappa shape index (κ2) is 27.6. The number of aromatic carboxylic acids is 1. The van der Waals surface area contributed by atoms with Gasteiger partial charge >= 0.3 is 156 Å². The summed E-state index contributed by atoms with van der Waals surface area (Å²) in [6.07, 6.45) is 2.64. The molecule has 0 aliphatic carbocycles. The number of anilines is 2. The number of benzene rings is 5. The van der Waals surface area contributed by atoms with Crippen LogP contribution in [0.1, 0.15) is 10.4 Å². The van der Waals surface area contributed by atoms with Crippen molar-refractivity contribution in [3.8, 4) is 11.7 Å². The van der Waals surface area contributed by atoms with Gasteiger partial charge in [0, 0.05) is 59.8 Å². The minimum atomic E-state index is -5.15. The first kappa shape index (κ1) is 63.5. The summed E-state index contributed by atoms with van der Waals surface area (Å²) in [7, 11) is -13.9. The van der Waals surface area contributed by atoms with Crippen LogP contribution in [-0.2, 0) is 63.1 Å². The molecule has 7 aromatic rings. The van der Waals surface area contributed by atoms with Crippen LogP contribution in [0, 0.1) is 0 Å². The summed E-state index contributed by atoms with van der Waals surface area (Å²) in [4.78, 5) is 21.5. The molecular formula is C36H22ClI3N9Na3O12S3Y. The van der Waals surface area contributed by atoms with Gasteiger partial charge < -0.3 is 33.6 Å². The van der Waals surface area contributed by atoms with Gasteiger partial charge in [0.1, 0.15) is 41.8 Å². The van der Waals surface area contributed by atoms with Gasteiger partial charge in [-0.15, -0.1) is 20.5 Å². The largest absolute Gasteiger partial charge is 1.00 e. The normalized spacial score (nSPS) is 11.5. The molecule has 0 bridgehead atoms. The van der Waals surface area contributed by atoms with Gasteiger partial charge in [0.2, 0.25) is 0 Å². The van der Waals surface area contributed by atoms with E-state index in [0.717, 1.165) is 24.3 Å². The smallest absolute Gasteiger partial charge is 0 e. The van der Waals surface area contributed by atoms with Crippen molar-refractivity contribution in [2.24, 2.45) is 20.5 Å². The van der Waals surface area contributed by atoms with Gasteiger partial charge in [-0.2, -0.15) is 4.98 Å². The zero-order valence-corrected chi connectivity index (χ0v) is 53.8. The molecule has 0 unspecified atom stereocenters. The van der Waals surface area contributed by atoms with Gasteiger partial charge in [0.15, 0.2) is 0 Å². The number of azo groups is 2. The zero-order valence-electron chi connectivity index (χ0n) is 35.1. The average molecular weight is 1440 g/mol. The molecule has 0 aliphatic rings. The second-order valence-corrected chi connectivity index (χ2v) is 34.4. The van der Waals surface area contributed by atoms with Crippen LogP contribution in [0.5, 0.6) is 5.75 Å². The first-order chi connectivity index (χ1) is 30.2. The van der Waals surface area contributed by atoms with E-state index in [1.54, 1.807) is 0 Å². The molecule has 2 heterocycles. The van der Waals surface area contributed by atoms with Crippen LogP contribution in [0.2, 0.25) is 5.28 Å². The third kappa shape index (κ3) is 16.2. The Morgan fingerprint density at radius 1 is 0.691 bits per heavy atom. The molecule has 0 saturated heterocycles. The van der Waals surface area contributed by atoms with E-state index in [1.165, 1.54) is 90.8 Å². The molecule has 0 saturated carbocycles. The fourth-order valence-corrected chi connectivity index (χ4v) is 7.82. The first-order valence-corrected chi connectivity index (χ1v) is 35.2. The third-order valence-electron chi connectivity index (χ3n) is 8.59. The van der Waals surface area contributed by atoms with Crippen molar-refractivity contribution in [2.75, 3.05) is 12.4 Å². The van der Waals surface area contributed by atoms with Crippen molar-refractivity contribution in [2.45, 2.75) is 14.7 Å². The van der Waals surface area contributed by atoms with E-state index in [0.29, 0.717) is 13.3 Å². The average Bonchev–Trinajstić information content (AvgIpc) is 3.24. The number of fused-ring (bicyclic) bond motifs is 2. The van der Waals surface area contributed by atoms with Crippen LogP contribution in [-0.4, -0.2) is 66.9 Å². The summed E-state index contributed by atoms with van der Waals surface area (Å²) in [5.74, 6) is -1.65. The Labute approximate surface area is 513 Å². The molecule has 32 heteroatoms. The van der Waals surface area contributed by atoms with Crippen molar-refractivity contribution >= 4 is 154 Å². The van der Waals surface area contributed by atoms with E-state index >= 15 is 0 Å². The zero-order chi connectivity index (χ0) is 46.6. The van der Waals surface area contributed by atoms with Crippen molar-refractivity contribution < 1.29 is 179 Å². The van der Waals surface area contributed by atoms with E-state index in [2.05, 4.69) is 78.0 Å². The fraction of sp³-hybridized carbons (Fsp3) is 0.0278. The number of methoxy groups -OCH3 is 1. The number of carbonyl (C=O) groups excluding carboxylic acids is 1. The van der Waals surface area contributed by atoms with Crippen molar-refractivity contribution in [1.29, 1.82) is 0 Å². The number of carbonyl (C=O) groups is 1. The molecule has 1 N–H and O–H groups in total. The molecule has 5 aromatic carbocycles.